The van der Waals surface area contributed by atoms with E-state index in [0.717, 1.165) is 0 Å². The van der Waals surface area contributed by atoms with Gasteiger partial charge in [-0.05, 0) is 0 Å². The normalized spacial score (nSPS) is 19.0. The predicted octanol–water partition coefficient (Wildman–Crippen LogP) is -0.665. The zero-order chi connectivity index (χ0) is 12.5. The van der Waals surface area contributed by atoms with Gasteiger partial charge < -0.3 is 16.0 Å². The van der Waals surface area contributed by atoms with Crippen LogP contribution in [0.5, 0.6) is 0 Å². The third kappa shape index (κ3) is 2.76. The minimum atomic E-state index is -2.88. The van der Waals surface area contributed by atoms with Gasteiger partial charge in [-0.15, -0.1) is 0 Å². The number of hydrogen-bond acceptors (Lipinski definition) is 7. The molecular formula is C9H15N5O2S. The monoisotopic (exact) mass is 257 g/mol. The zero-order valence-corrected chi connectivity index (χ0v) is 10.4. The highest BCUT2D eigenvalue weighted by molar-refractivity contribution is 7.91. The van der Waals surface area contributed by atoms with Crippen LogP contribution in [0.1, 0.15) is 0 Å². The molecule has 1 aromatic heterocycles. The number of nitrogens with two attached hydrogens (primary N) is 1. The zero-order valence-electron chi connectivity index (χ0n) is 9.55. The quantitative estimate of drug-likeness (QED) is 0.725. The van der Waals surface area contributed by atoms with Crippen LogP contribution in [-0.4, -0.2) is 50.0 Å². The first-order valence-electron chi connectivity index (χ1n) is 5.28. The van der Waals surface area contributed by atoms with Crippen molar-refractivity contribution in [1.82, 2.24) is 9.97 Å². The molecule has 0 aliphatic carbocycles. The Balaban J connectivity index is 2.21. The number of sulfone groups is 1. The third-order valence-electron chi connectivity index (χ3n) is 2.65. The Bertz CT molecular complexity index is 502. The van der Waals surface area contributed by atoms with E-state index in [4.69, 9.17) is 5.73 Å². The SMILES string of the molecule is CNc1cc(N2CCS(=O)(=O)CC2)nc(N)n1. The molecule has 2 rings (SSSR count). The fourth-order valence-electron chi connectivity index (χ4n) is 1.68. The van der Waals surface area contributed by atoms with Gasteiger partial charge in [-0.2, -0.15) is 9.97 Å². The van der Waals surface area contributed by atoms with Crippen LogP contribution in [0.3, 0.4) is 0 Å². The lowest BCUT2D eigenvalue weighted by atomic mass is 10.4. The lowest BCUT2D eigenvalue weighted by Gasteiger charge is -2.27. The van der Waals surface area contributed by atoms with Crippen LogP contribution in [0, 0.1) is 0 Å². The van der Waals surface area contributed by atoms with E-state index < -0.39 is 9.84 Å². The summed E-state index contributed by atoms with van der Waals surface area (Å²) in [6.45, 7) is 0.893. The van der Waals surface area contributed by atoms with E-state index in [2.05, 4.69) is 15.3 Å². The number of aromatic nitrogens is 2. The lowest BCUT2D eigenvalue weighted by molar-refractivity contribution is 0.586. The van der Waals surface area contributed by atoms with E-state index in [1.807, 2.05) is 4.90 Å². The predicted molar refractivity (Wildman–Crippen MR) is 66.9 cm³/mol. The summed E-state index contributed by atoms with van der Waals surface area (Å²) in [6, 6.07) is 1.76. The molecule has 0 spiro atoms. The summed E-state index contributed by atoms with van der Waals surface area (Å²) in [5.41, 5.74) is 5.59. The molecule has 0 radical (unpaired) electrons. The summed E-state index contributed by atoms with van der Waals surface area (Å²) in [5, 5.41) is 2.89. The number of nitrogens with zero attached hydrogens (tertiary/aromatic N) is 3. The molecule has 1 aliphatic rings. The second kappa shape index (κ2) is 4.36. The van der Waals surface area contributed by atoms with Crippen molar-refractivity contribution in [2.45, 2.75) is 0 Å². The maximum Gasteiger partial charge on any atom is 0.223 e. The van der Waals surface area contributed by atoms with Crippen molar-refractivity contribution in [3.63, 3.8) is 0 Å². The molecule has 94 valence electrons. The molecule has 0 unspecified atom stereocenters. The van der Waals surface area contributed by atoms with Crippen molar-refractivity contribution in [3.05, 3.63) is 6.07 Å². The van der Waals surface area contributed by atoms with Crippen molar-refractivity contribution in [2.75, 3.05) is 47.6 Å². The molecule has 0 bridgehead atoms. The molecule has 1 fully saturated rings. The van der Waals surface area contributed by atoms with E-state index in [1.165, 1.54) is 0 Å². The Morgan fingerprint density at radius 3 is 2.59 bits per heavy atom. The van der Waals surface area contributed by atoms with Crippen LogP contribution in [-0.2, 0) is 9.84 Å². The molecule has 0 amide bonds. The van der Waals surface area contributed by atoms with Gasteiger partial charge in [0.05, 0.1) is 11.5 Å². The molecule has 0 aromatic carbocycles. The molecular weight excluding hydrogens is 242 g/mol. The van der Waals surface area contributed by atoms with Crippen molar-refractivity contribution in [3.8, 4) is 0 Å². The highest BCUT2D eigenvalue weighted by Gasteiger charge is 2.22. The molecule has 0 atom stereocenters. The average molecular weight is 257 g/mol. The molecule has 3 N–H and O–H groups in total. The van der Waals surface area contributed by atoms with E-state index >= 15 is 0 Å². The Labute approximate surface area is 100.0 Å². The Morgan fingerprint density at radius 2 is 2.00 bits per heavy atom. The second-order valence-electron chi connectivity index (χ2n) is 3.86. The first-order valence-corrected chi connectivity index (χ1v) is 7.10. The summed E-state index contributed by atoms with van der Waals surface area (Å²) < 4.78 is 22.6. The molecule has 1 aromatic rings. The minimum absolute atomic E-state index is 0.159. The van der Waals surface area contributed by atoms with E-state index in [1.54, 1.807) is 13.1 Å². The van der Waals surface area contributed by atoms with Gasteiger partial charge in [0.1, 0.15) is 11.6 Å². The third-order valence-corrected chi connectivity index (χ3v) is 4.26. The smallest absolute Gasteiger partial charge is 0.223 e. The van der Waals surface area contributed by atoms with Gasteiger partial charge in [0.2, 0.25) is 5.95 Å². The van der Waals surface area contributed by atoms with Crippen LogP contribution in [0.4, 0.5) is 17.6 Å². The van der Waals surface area contributed by atoms with Gasteiger partial charge >= 0.3 is 0 Å². The molecule has 8 heteroatoms. The molecule has 1 aliphatic heterocycles. The first kappa shape index (κ1) is 11.9. The first-order chi connectivity index (χ1) is 8.00. The molecule has 7 nitrogen and oxygen atoms in total. The topological polar surface area (TPSA) is 101 Å². The highest BCUT2D eigenvalue weighted by Crippen LogP contribution is 2.18. The molecule has 1 saturated heterocycles. The number of hydrogen-bond donors (Lipinski definition) is 2. The van der Waals surface area contributed by atoms with Gasteiger partial charge in [-0.3, -0.25) is 0 Å². The van der Waals surface area contributed by atoms with Crippen LogP contribution >= 0.6 is 0 Å². The summed E-state index contributed by atoms with van der Waals surface area (Å²) >= 11 is 0. The summed E-state index contributed by atoms with van der Waals surface area (Å²) in [6.07, 6.45) is 0. The van der Waals surface area contributed by atoms with Gasteiger partial charge in [0, 0.05) is 26.2 Å². The van der Waals surface area contributed by atoms with Crippen molar-refractivity contribution >= 4 is 27.4 Å². The van der Waals surface area contributed by atoms with E-state index in [9.17, 15) is 8.42 Å². The van der Waals surface area contributed by atoms with Crippen LogP contribution in [0.2, 0.25) is 0 Å². The Kier molecular flexibility index (Phi) is 3.05. The van der Waals surface area contributed by atoms with Crippen molar-refractivity contribution in [1.29, 1.82) is 0 Å². The maximum atomic E-state index is 11.3. The summed E-state index contributed by atoms with van der Waals surface area (Å²) in [7, 11) is -1.14. The van der Waals surface area contributed by atoms with Gasteiger partial charge in [0.25, 0.3) is 0 Å². The van der Waals surface area contributed by atoms with Crippen molar-refractivity contribution in [2.24, 2.45) is 0 Å². The van der Waals surface area contributed by atoms with E-state index in [-0.39, 0.29) is 17.5 Å². The number of nitrogens with one attached hydrogen (secondary N) is 1. The maximum absolute atomic E-state index is 11.3. The summed E-state index contributed by atoms with van der Waals surface area (Å²) in [5.74, 6) is 1.79. The van der Waals surface area contributed by atoms with Gasteiger partial charge in [-0.1, -0.05) is 0 Å². The highest BCUT2D eigenvalue weighted by atomic mass is 32.2. The fourth-order valence-corrected chi connectivity index (χ4v) is 2.89. The van der Waals surface area contributed by atoms with Crippen molar-refractivity contribution < 1.29 is 8.42 Å². The molecule has 0 saturated carbocycles. The standard InChI is InChI=1S/C9H15N5O2S/c1-11-7-6-8(13-9(10)12-7)14-2-4-17(15,16)5-3-14/h6H,2-5H2,1H3,(H3,10,11,12,13). The average Bonchev–Trinajstić information content (AvgIpc) is 2.28. The Morgan fingerprint density at radius 1 is 1.35 bits per heavy atom. The van der Waals surface area contributed by atoms with E-state index in [0.29, 0.717) is 24.7 Å². The summed E-state index contributed by atoms with van der Waals surface area (Å²) in [4.78, 5) is 10.0. The number of rotatable bonds is 2. The molecule has 2 heterocycles. The van der Waals surface area contributed by atoms with Crippen LogP contribution < -0.4 is 16.0 Å². The van der Waals surface area contributed by atoms with Crippen LogP contribution in [0.25, 0.3) is 0 Å². The van der Waals surface area contributed by atoms with Gasteiger partial charge in [-0.25, -0.2) is 8.42 Å². The largest absolute Gasteiger partial charge is 0.373 e. The number of nitrogen functional groups attached to an aromatic ring is 1. The number of anilines is 3. The van der Waals surface area contributed by atoms with Crippen LogP contribution in [0.15, 0.2) is 6.07 Å². The Hall–Kier alpha value is -1.57. The van der Waals surface area contributed by atoms with Gasteiger partial charge in [0.15, 0.2) is 9.84 Å². The lowest BCUT2D eigenvalue weighted by Crippen LogP contribution is -2.40. The second-order valence-corrected chi connectivity index (χ2v) is 6.16. The fraction of sp³-hybridized carbons (Fsp3) is 0.556. The molecule has 17 heavy (non-hydrogen) atoms. The minimum Gasteiger partial charge on any atom is -0.373 e.